The lowest BCUT2D eigenvalue weighted by atomic mass is 9.82. The maximum Gasteiger partial charge on any atom is 0.337 e. The molecule has 0 fully saturated rings. The summed E-state index contributed by atoms with van der Waals surface area (Å²) in [5.41, 5.74) is 4.20. The third-order valence-corrected chi connectivity index (χ3v) is 6.85. The van der Waals surface area contributed by atoms with Crippen molar-refractivity contribution in [1.29, 1.82) is 5.26 Å². The topological polar surface area (TPSA) is 121 Å². The molecule has 2 aromatic carbocycles. The van der Waals surface area contributed by atoms with E-state index in [1.54, 1.807) is 19.1 Å². The van der Waals surface area contributed by atoms with Gasteiger partial charge in [0.25, 0.3) is 0 Å². The van der Waals surface area contributed by atoms with Crippen LogP contribution in [0.5, 0.6) is 11.5 Å². The van der Waals surface area contributed by atoms with E-state index in [4.69, 9.17) is 9.47 Å². The summed E-state index contributed by atoms with van der Waals surface area (Å²) in [5.74, 6) is -1.47. The molecule has 9 heteroatoms. The average molecular weight is 520 g/mol. The molecule has 0 aliphatic carbocycles. The third kappa shape index (κ3) is 6.16. The van der Waals surface area contributed by atoms with Crippen molar-refractivity contribution in [3.8, 4) is 17.6 Å². The van der Waals surface area contributed by atoms with Crippen LogP contribution in [0.2, 0.25) is 0 Å². The van der Waals surface area contributed by atoms with Gasteiger partial charge >= 0.3 is 5.97 Å². The van der Waals surface area contributed by atoms with Crippen LogP contribution in [0.4, 0.5) is 5.69 Å². The van der Waals surface area contributed by atoms with Crippen molar-refractivity contribution in [2.75, 3.05) is 24.8 Å². The number of aryl methyl sites for hydroxylation is 2. The van der Waals surface area contributed by atoms with Crippen molar-refractivity contribution in [3.05, 3.63) is 87.6 Å². The van der Waals surface area contributed by atoms with Crippen LogP contribution in [0.25, 0.3) is 0 Å². The lowest BCUT2D eigenvalue weighted by Gasteiger charge is -2.29. The number of amides is 1. The van der Waals surface area contributed by atoms with E-state index in [9.17, 15) is 20.0 Å². The fourth-order valence-electron chi connectivity index (χ4n) is 4.04. The Morgan fingerprint density at radius 1 is 1.24 bits per heavy atom. The molecule has 0 bridgehead atoms. The molecule has 1 heterocycles. The van der Waals surface area contributed by atoms with Gasteiger partial charge in [-0.05, 0) is 49.6 Å². The number of nitrogens with one attached hydrogen (secondary N) is 2. The summed E-state index contributed by atoms with van der Waals surface area (Å²) in [7, 11) is 1.42. The highest BCUT2D eigenvalue weighted by Gasteiger charge is 2.36. The van der Waals surface area contributed by atoms with Gasteiger partial charge in [-0.1, -0.05) is 48.7 Å². The number of esters is 1. The van der Waals surface area contributed by atoms with Crippen LogP contribution in [0.15, 0.2) is 70.9 Å². The predicted molar refractivity (Wildman–Crippen MR) is 144 cm³/mol. The smallest absolute Gasteiger partial charge is 0.337 e. The van der Waals surface area contributed by atoms with E-state index in [0.29, 0.717) is 16.3 Å². The fourth-order valence-corrected chi connectivity index (χ4v) is 4.93. The maximum atomic E-state index is 13.0. The molecule has 3 rings (SSSR count). The van der Waals surface area contributed by atoms with Crippen molar-refractivity contribution in [2.24, 2.45) is 0 Å². The van der Waals surface area contributed by atoms with E-state index in [0.717, 1.165) is 16.8 Å². The van der Waals surface area contributed by atoms with Gasteiger partial charge in [0.15, 0.2) is 11.5 Å². The Morgan fingerprint density at radius 3 is 2.57 bits per heavy atom. The van der Waals surface area contributed by atoms with Crippen LogP contribution < -0.4 is 15.4 Å². The van der Waals surface area contributed by atoms with Crippen LogP contribution in [0.3, 0.4) is 0 Å². The van der Waals surface area contributed by atoms with Gasteiger partial charge < -0.3 is 25.2 Å². The van der Waals surface area contributed by atoms with Crippen molar-refractivity contribution in [1.82, 2.24) is 5.32 Å². The van der Waals surface area contributed by atoms with E-state index >= 15 is 0 Å². The number of anilines is 1. The van der Waals surface area contributed by atoms with Crippen LogP contribution in [0, 0.1) is 25.2 Å². The van der Waals surface area contributed by atoms with Gasteiger partial charge in [0.05, 0.1) is 41.0 Å². The molecule has 192 valence electrons. The number of carbonyl (C=O) groups excluding carboxylic acids is 2. The number of phenols is 1. The number of dihydropyridines is 1. The van der Waals surface area contributed by atoms with Gasteiger partial charge in [0.1, 0.15) is 6.61 Å². The Kier molecular flexibility index (Phi) is 9.04. The fraction of sp³-hybridized carbons (Fsp3) is 0.250. The summed E-state index contributed by atoms with van der Waals surface area (Å²) < 4.78 is 10.6. The average Bonchev–Trinajstić information content (AvgIpc) is 2.88. The lowest BCUT2D eigenvalue weighted by molar-refractivity contribution is -0.138. The van der Waals surface area contributed by atoms with Gasteiger partial charge in [0, 0.05) is 11.4 Å². The summed E-state index contributed by atoms with van der Waals surface area (Å²) in [4.78, 5) is 25.8. The van der Waals surface area contributed by atoms with Gasteiger partial charge in [-0.3, -0.25) is 4.79 Å². The van der Waals surface area contributed by atoms with Gasteiger partial charge in [-0.2, -0.15) is 5.26 Å². The zero-order valence-electron chi connectivity index (χ0n) is 21.2. The normalized spacial score (nSPS) is 14.9. The van der Waals surface area contributed by atoms with Crippen LogP contribution in [-0.4, -0.2) is 36.5 Å². The maximum absolute atomic E-state index is 13.0. The van der Waals surface area contributed by atoms with Crippen molar-refractivity contribution >= 4 is 29.3 Å². The molecule has 8 nitrogen and oxygen atoms in total. The Labute approximate surface area is 220 Å². The molecule has 0 saturated carbocycles. The molecule has 1 atom stereocenters. The van der Waals surface area contributed by atoms with E-state index in [-0.39, 0.29) is 40.9 Å². The number of hydrogen-bond acceptors (Lipinski definition) is 8. The molecule has 0 spiro atoms. The Bertz CT molecular complexity index is 1320. The molecule has 0 saturated heterocycles. The largest absolute Gasteiger partial charge is 0.504 e. The molecule has 0 unspecified atom stereocenters. The first-order valence-corrected chi connectivity index (χ1v) is 12.5. The third-order valence-electron chi connectivity index (χ3n) is 5.83. The number of methoxy groups -OCH3 is 1. The molecule has 0 aromatic heterocycles. The number of nitrogens with zero attached hydrogens (tertiary/aromatic N) is 1. The summed E-state index contributed by atoms with van der Waals surface area (Å²) in [6.07, 6.45) is 1.46. The monoisotopic (exact) mass is 519 g/mol. The number of aromatic hydroxyl groups is 1. The minimum atomic E-state index is -0.803. The van der Waals surface area contributed by atoms with Crippen LogP contribution in [0.1, 0.15) is 29.5 Å². The van der Waals surface area contributed by atoms with Crippen molar-refractivity contribution in [3.63, 3.8) is 0 Å². The summed E-state index contributed by atoms with van der Waals surface area (Å²) in [6.45, 7) is 9.14. The zero-order chi connectivity index (χ0) is 27.1. The highest BCUT2D eigenvalue weighted by atomic mass is 32.2. The first-order valence-electron chi connectivity index (χ1n) is 11.5. The van der Waals surface area contributed by atoms with Gasteiger partial charge in [0.2, 0.25) is 5.91 Å². The number of carbonyl (C=O) groups is 2. The van der Waals surface area contributed by atoms with Gasteiger partial charge in [-0.25, -0.2) is 4.79 Å². The van der Waals surface area contributed by atoms with E-state index in [2.05, 4.69) is 23.3 Å². The molecule has 1 amide bonds. The molecule has 1 aliphatic rings. The number of benzene rings is 2. The number of nitriles is 1. The summed E-state index contributed by atoms with van der Waals surface area (Å²) >= 11 is 1.17. The van der Waals surface area contributed by atoms with Crippen LogP contribution in [-0.2, 0) is 14.3 Å². The molecular weight excluding hydrogens is 490 g/mol. The lowest BCUT2D eigenvalue weighted by Crippen LogP contribution is -2.29. The van der Waals surface area contributed by atoms with Gasteiger partial charge in [-0.15, -0.1) is 0 Å². The SMILES string of the molecule is C=CCOC(=O)C1=C(C)NC(SCC(=O)Nc2c(C)cccc2C)=C(C#N)[C@H]1c1ccc(O)c(OC)c1. The second-order valence-corrected chi connectivity index (χ2v) is 9.36. The van der Waals surface area contributed by atoms with Crippen LogP contribution >= 0.6 is 11.8 Å². The zero-order valence-corrected chi connectivity index (χ0v) is 22.0. The highest BCUT2D eigenvalue weighted by Crippen LogP contribution is 2.43. The molecule has 3 N–H and O–H groups in total. The Morgan fingerprint density at radius 2 is 1.95 bits per heavy atom. The first kappa shape index (κ1) is 27.4. The molecular formula is C28H29N3O5S. The quantitative estimate of drug-likeness (QED) is 0.319. The Hall–Kier alpha value is -4.16. The standard InChI is InChI=1S/C28H29N3O5S/c1-6-12-36-28(34)24-18(4)30-27(37-15-23(33)31-26-16(2)8-7-9-17(26)3)20(14-29)25(24)19-10-11-21(32)22(13-19)35-5/h6-11,13,25,30,32H,1,12,15H2,2-5H3,(H,31,33)/t25-/m1/s1. The van der Waals surface area contributed by atoms with E-state index < -0.39 is 11.9 Å². The molecule has 37 heavy (non-hydrogen) atoms. The second kappa shape index (κ2) is 12.2. The first-order chi connectivity index (χ1) is 17.7. The van der Waals surface area contributed by atoms with Crippen molar-refractivity contribution in [2.45, 2.75) is 26.7 Å². The molecule has 2 aromatic rings. The Balaban J connectivity index is 1.97. The number of phenolic OH excluding ortho intramolecular Hbond substituents is 1. The van der Waals surface area contributed by atoms with Crippen molar-refractivity contribution < 1.29 is 24.2 Å². The number of thioether (sulfide) groups is 1. The second-order valence-electron chi connectivity index (χ2n) is 8.37. The number of allylic oxidation sites excluding steroid dienone is 2. The molecule has 1 aliphatic heterocycles. The summed E-state index contributed by atoms with van der Waals surface area (Å²) in [6, 6.07) is 12.6. The summed E-state index contributed by atoms with van der Waals surface area (Å²) in [5, 5.41) is 26.8. The number of ether oxygens (including phenoxy) is 2. The molecule has 0 radical (unpaired) electrons. The predicted octanol–water partition coefficient (Wildman–Crippen LogP) is 4.81. The van der Waals surface area contributed by atoms with E-state index in [1.807, 2.05) is 32.0 Å². The van der Waals surface area contributed by atoms with E-state index in [1.165, 1.54) is 31.0 Å². The minimum absolute atomic E-state index is 0.00688. The number of para-hydroxylation sites is 1. The number of rotatable bonds is 9. The number of hydrogen-bond donors (Lipinski definition) is 3. The highest BCUT2D eigenvalue weighted by molar-refractivity contribution is 8.03. The minimum Gasteiger partial charge on any atom is -0.504 e.